The van der Waals surface area contributed by atoms with E-state index in [0.29, 0.717) is 19.2 Å². The fraction of sp³-hybridized carbons (Fsp3) is 0.889. The van der Waals surface area contributed by atoms with E-state index in [1.165, 1.54) is 0 Å². The molecule has 0 aliphatic heterocycles. The molecule has 0 heterocycles. The Morgan fingerprint density at radius 1 is 0.870 bits per heavy atom. The predicted octanol–water partition coefficient (Wildman–Crippen LogP) is 3.64. The van der Waals surface area contributed by atoms with Gasteiger partial charge in [-0.2, -0.15) is 0 Å². The molecule has 1 rings (SSSR count). The van der Waals surface area contributed by atoms with Gasteiger partial charge in [-0.25, -0.2) is 0 Å². The van der Waals surface area contributed by atoms with E-state index in [1.807, 2.05) is 0 Å². The second-order valence-electron chi connectivity index (χ2n) is 8.69. The Balaban J connectivity index is 0.00000149. The first-order valence-electron chi connectivity index (χ1n) is 8.47. The van der Waals surface area contributed by atoms with Crippen molar-refractivity contribution >= 4 is 12.8 Å². The van der Waals surface area contributed by atoms with Gasteiger partial charge in [0.15, 0.2) is 0 Å². The van der Waals surface area contributed by atoms with Gasteiger partial charge >= 0.3 is 29.6 Å². The first kappa shape index (κ1) is 22.7. The van der Waals surface area contributed by atoms with E-state index < -0.39 is 0 Å². The molecule has 4 nitrogen and oxygen atoms in total. The molecule has 1 aliphatic rings. The van der Waals surface area contributed by atoms with E-state index in [2.05, 4.69) is 62.6 Å². The second kappa shape index (κ2) is 9.22. The third kappa shape index (κ3) is 5.90. The molecular formula is C18H36N2O2Ti. The minimum atomic E-state index is 0.0552. The maximum absolute atomic E-state index is 10.8. The van der Waals surface area contributed by atoms with Crippen LogP contribution in [-0.4, -0.2) is 24.9 Å². The third-order valence-corrected chi connectivity index (χ3v) is 5.24. The predicted molar refractivity (Wildman–Crippen MR) is 92.9 cm³/mol. The van der Waals surface area contributed by atoms with Crippen LogP contribution in [0.3, 0.4) is 0 Å². The molecule has 2 unspecified atom stereocenters. The molecular weight excluding hydrogens is 324 g/mol. The van der Waals surface area contributed by atoms with Gasteiger partial charge in [0.1, 0.15) is 0 Å². The Morgan fingerprint density at radius 3 is 1.39 bits per heavy atom. The Labute approximate surface area is 151 Å². The fourth-order valence-electron chi connectivity index (χ4n) is 4.23. The molecule has 1 aliphatic carbocycles. The van der Waals surface area contributed by atoms with Gasteiger partial charge in [-0.1, -0.05) is 41.5 Å². The van der Waals surface area contributed by atoms with Crippen molar-refractivity contribution < 1.29 is 28.7 Å². The molecule has 0 saturated heterocycles. The SMILES string of the molecule is CC(C)(C)C1(C(C)(C)C)CC(NC=O)CC(NC=O)C1.[CH3][Ti][CH3]. The summed E-state index contributed by atoms with van der Waals surface area (Å²) < 4.78 is 0. The molecule has 0 aromatic heterocycles. The molecule has 134 valence electrons. The first-order valence-corrected chi connectivity index (χ1v) is 11.6. The van der Waals surface area contributed by atoms with Crippen molar-refractivity contribution in [2.45, 2.75) is 83.3 Å². The number of nitrogens with one attached hydrogen (secondary N) is 2. The monoisotopic (exact) mass is 360 g/mol. The van der Waals surface area contributed by atoms with E-state index in [4.69, 9.17) is 0 Å². The number of hydrogen-bond acceptors (Lipinski definition) is 2. The van der Waals surface area contributed by atoms with Crippen LogP contribution in [0.4, 0.5) is 0 Å². The van der Waals surface area contributed by atoms with Gasteiger partial charge in [0.25, 0.3) is 0 Å². The summed E-state index contributed by atoms with van der Waals surface area (Å²) in [6.07, 6.45) is 4.28. The Kier molecular flexibility index (Phi) is 9.08. The summed E-state index contributed by atoms with van der Waals surface area (Å²) in [7, 11) is 0. The molecule has 2 atom stereocenters. The van der Waals surface area contributed by atoms with Gasteiger partial charge in [-0.3, -0.25) is 9.59 Å². The molecule has 23 heavy (non-hydrogen) atoms. The number of amides is 2. The minimum absolute atomic E-state index is 0.0552. The molecule has 0 aromatic carbocycles. The summed E-state index contributed by atoms with van der Waals surface area (Å²) in [5.41, 5.74) is 0.244. The Hall–Kier alpha value is -0.346. The van der Waals surface area contributed by atoms with Crippen molar-refractivity contribution in [3.05, 3.63) is 0 Å². The molecule has 0 aromatic rings. The average Bonchev–Trinajstić information content (AvgIpc) is 2.37. The first-order chi connectivity index (χ1) is 10.5. The molecule has 5 heteroatoms. The van der Waals surface area contributed by atoms with Crippen LogP contribution in [0.15, 0.2) is 0 Å². The van der Waals surface area contributed by atoms with Crippen LogP contribution in [0, 0.1) is 16.2 Å². The van der Waals surface area contributed by atoms with Gasteiger partial charge in [0.2, 0.25) is 12.8 Å². The zero-order chi connectivity index (χ0) is 18.3. The zero-order valence-electron chi connectivity index (χ0n) is 16.2. The topological polar surface area (TPSA) is 58.2 Å². The molecule has 0 radical (unpaired) electrons. The van der Waals surface area contributed by atoms with E-state index in [-0.39, 0.29) is 28.3 Å². The third-order valence-electron chi connectivity index (χ3n) is 5.24. The van der Waals surface area contributed by atoms with Gasteiger partial charge < -0.3 is 10.6 Å². The van der Waals surface area contributed by atoms with E-state index in [0.717, 1.165) is 32.1 Å². The zero-order valence-corrected chi connectivity index (χ0v) is 17.8. The van der Waals surface area contributed by atoms with Crippen LogP contribution in [0.5, 0.6) is 0 Å². The van der Waals surface area contributed by atoms with E-state index >= 15 is 0 Å². The van der Waals surface area contributed by atoms with Crippen LogP contribution < -0.4 is 10.6 Å². The number of hydrogen-bond donors (Lipinski definition) is 2. The van der Waals surface area contributed by atoms with Crippen molar-refractivity contribution in [2.75, 3.05) is 0 Å². The van der Waals surface area contributed by atoms with Crippen molar-refractivity contribution in [1.29, 1.82) is 0 Å². The van der Waals surface area contributed by atoms with Crippen LogP contribution in [-0.2, 0) is 28.7 Å². The van der Waals surface area contributed by atoms with E-state index in [9.17, 15) is 9.59 Å². The molecule has 2 N–H and O–H groups in total. The number of carbonyl (C=O) groups excluding carboxylic acids is 2. The average molecular weight is 360 g/mol. The Morgan fingerprint density at radius 2 is 1.17 bits per heavy atom. The summed E-state index contributed by atoms with van der Waals surface area (Å²) in [6.45, 7) is 13.6. The van der Waals surface area contributed by atoms with Crippen LogP contribution in [0.25, 0.3) is 0 Å². The fourth-order valence-corrected chi connectivity index (χ4v) is 4.23. The second-order valence-corrected chi connectivity index (χ2v) is 10.3. The number of rotatable bonds is 4. The van der Waals surface area contributed by atoms with Crippen LogP contribution in [0.2, 0.25) is 10.5 Å². The molecule has 2 amide bonds. The van der Waals surface area contributed by atoms with Crippen molar-refractivity contribution in [1.82, 2.24) is 10.6 Å². The summed E-state index contributed by atoms with van der Waals surface area (Å²) in [6, 6.07) is 0.245. The van der Waals surface area contributed by atoms with Gasteiger partial charge in [0.05, 0.1) is 0 Å². The van der Waals surface area contributed by atoms with Crippen LogP contribution in [0.1, 0.15) is 60.8 Å². The summed E-state index contributed by atoms with van der Waals surface area (Å²) in [4.78, 5) is 21.7. The van der Waals surface area contributed by atoms with E-state index in [1.54, 1.807) is 0 Å². The number of carbonyl (C=O) groups is 2. The van der Waals surface area contributed by atoms with Crippen molar-refractivity contribution in [3.63, 3.8) is 0 Å². The van der Waals surface area contributed by atoms with Gasteiger partial charge in [0, 0.05) is 12.1 Å². The molecule has 1 fully saturated rings. The maximum atomic E-state index is 10.8. The van der Waals surface area contributed by atoms with Crippen LogP contribution >= 0.6 is 0 Å². The summed E-state index contributed by atoms with van der Waals surface area (Å²) >= 11 is 0.500. The Bertz CT molecular complexity index is 338. The van der Waals surface area contributed by atoms with Gasteiger partial charge in [-0.05, 0) is 35.5 Å². The summed E-state index contributed by atoms with van der Waals surface area (Å²) in [5.74, 6) is 0. The summed E-state index contributed by atoms with van der Waals surface area (Å²) in [5, 5.41) is 10.4. The van der Waals surface area contributed by atoms with Crippen molar-refractivity contribution in [3.8, 4) is 0 Å². The quantitative estimate of drug-likeness (QED) is 0.594. The normalized spacial score (nSPS) is 23.8. The molecule has 0 bridgehead atoms. The molecule has 1 saturated carbocycles. The van der Waals surface area contributed by atoms with Gasteiger partial charge in [-0.15, -0.1) is 0 Å². The molecule has 0 spiro atoms. The standard InChI is InChI=1S/C16H30N2O2.2CH3.Ti/c1-14(2,3)16(15(4,5)6)8-12(17-10-19)7-13(9-16)18-11-20;;;/h10-13H,7-9H2,1-6H3,(H,17,19)(H,18,20);2*1H3;. The van der Waals surface area contributed by atoms with Crippen molar-refractivity contribution in [2.24, 2.45) is 16.2 Å².